The van der Waals surface area contributed by atoms with Crippen molar-refractivity contribution in [3.63, 3.8) is 0 Å². The Morgan fingerprint density at radius 1 is 1.71 bits per heavy atom. The van der Waals surface area contributed by atoms with Crippen molar-refractivity contribution in [2.24, 2.45) is 5.41 Å². The molecule has 4 atom stereocenters. The Morgan fingerprint density at radius 2 is 2.53 bits per heavy atom. The Balaban J connectivity index is 1.94. The summed E-state index contributed by atoms with van der Waals surface area (Å²) in [6.45, 7) is 1.89. The molecule has 3 heterocycles. The number of hydrogen-bond donors (Lipinski definition) is 1. The van der Waals surface area contributed by atoms with E-state index in [2.05, 4.69) is 11.1 Å². The molecular formula is C12H14N2O2S. The zero-order valence-corrected chi connectivity index (χ0v) is 10.4. The van der Waals surface area contributed by atoms with Gasteiger partial charge < -0.3 is 9.84 Å². The van der Waals surface area contributed by atoms with Crippen LogP contribution >= 0.6 is 11.3 Å². The van der Waals surface area contributed by atoms with Crippen LogP contribution in [0.2, 0.25) is 0 Å². The lowest BCUT2D eigenvalue weighted by Crippen LogP contribution is -2.37. The summed E-state index contributed by atoms with van der Waals surface area (Å²) in [5.74, 6) is 0. The fourth-order valence-corrected chi connectivity index (χ4v) is 3.81. The number of aromatic nitrogens is 1. The normalized spacial score (nSPS) is 37.0. The van der Waals surface area contributed by atoms with Gasteiger partial charge in [-0.15, -0.1) is 11.3 Å². The van der Waals surface area contributed by atoms with Gasteiger partial charge in [-0.25, -0.2) is 4.98 Å². The Bertz CT molecular complexity index is 481. The van der Waals surface area contributed by atoms with Gasteiger partial charge in [-0.05, 0) is 26.2 Å². The van der Waals surface area contributed by atoms with Crippen LogP contribution in [0.3, 0.4) is 0 Å². The fourth-order valence-electron chi connectivity index (χ4n) is 2.93. The number of aryl methyl sites for hydroxylation is 1. The van der Waals surface area contributed by atoms with Gasteiger partial charge >= 0.3 is 0 Å². The van der Waals surface area contributed by atoms with E-state index in [9.17, 15) is 10.4 Å². The average Bonchev–Trinajstić information content (AvgIpc) is 3.02. The molecule has 90 valence electrons. The van der Waals surface area contributed by atoms with Gasteiger partial charge in [0.2, 0.25) is 0 Å². The highest BCUT2D eigenvalue weighted by molar-refractivity contribution is 7.09. The highest BCUT2D eigenvalue weighted by Crippen LogP contribution is 2.54. The van der Waals surface area contributed by atoms with E-state index >= 15 is 0 Å². The number of thiazole rings is 1. The first-order valence-electron chi connectivity index (χ1n) is 5.82. The molecule has 1 N–H and O–H groups in total. The molecule has 2 fully saturated rings. The zero-order valence-electron chi connectivity index (χ0n) is 9.59. The van der Waals surface area contributed by atoms with Crippen LogP contribution in [0.15, 0.2) is 5.38 Å². The first-order chi connectivity index (χ1) is 8.15. The monoisotopic (exact) mass is 250 g/mol. The smallest absolute Gasteiger partial charge is 0.127 e. The van der Waals surface area contributed by atoms with Crippen molar-refractivity contribution in [2.45, 2.75) is 44.5 Å². The maximum Gasteiger partial charge on any atom is 0.127 e. The van der Waals surface area contributed by atoms with E-state index in [-0.39, 0.29) is 12.2 Å². The van der Waals surface area contributed by atoms with E-state index in [0.29, 0.717) is 11.4 Å². The topological polar surface area (TPSA) is 66.1 Å². The van der Waals surface area contributed by atoms with Crippen LogP contribution in [-0.2, 0) is 4.74 Å². The summed E-state index contributed by atoms with van der Waals surface area (Å²) in [7, 11) is 0. The summed E-state index contributed by atoms with van der Waals surface area (Å²) in [6, 6.07) is 2.31. The molecule has 0 aliphatic carbocycles. The van der Waals surface area contributed by atoms with Crippen molar-refractivity contribution in [2.75, 3.05) is 0 Å². The molecule has 0 saturated carbocycles. The number of fused-ring (bicyclic) bond motifs is 2. The Kier molecular flexibility index (Phi) is 2.47. The third kappa shape index (κ3) is 1.52. The van der Waals surface area contributed by atoms with E-state index in [4.69, 9.17) is 4.74 Å². The number of aliphatic hydroxyl groups excluding tert-OH is 1. The SMILES string of the molecule is Cc1csc(C(O)C2(C#N)CC3CCC2O3)n1. The second-order valence-corrected chi connectivity index (χ2v) is 5.80. The number of rotatable bonds is 2. The van der Waals surface area contributed by atoms with E-state index < -0.39 is 11.5 Å². The minimum Gasteiger partial charge on any atom is -0.384 e. The van der Waals surface area contributed by atoms with Gasteiger partial charge in [0.05, 0.1) is 18.3 Å². The maximum absolute atomic E-state index is 10.5. The standard InChI is InChI=1S/C12H14N2O2S/c1-7-5-17-11(14-7)10(15)12(6-13)4-8-2-3-9(12)16-8/h5,8-10,15H,2-4H2,1H3. The molecule has 3 rings (SSSR count). The first kappa shape index (κ1) is 11.1. The van der Waals surface area contributed by atoms with Crippen LogP contribution in [0.5, 0.6) is 0 Å². The molecule has 17 heavy (non-hydrogen) atoms. The van der Waals surface area contributed by atoms with Crippen LogP contribution in [0.4, 0.5) is 0 Å². The lowest BCUT2D eigenvalue weighted by molar-refractivity contribution is 0.00327. The van der Waals surface area contributed by atoms with Crippen molar-refractivity contribution >= 4 is 11.3 Å². The van der Waals surface area contributed by atoms with Gasteiger partial charge in [0.1, 0.15) is 16.5 Å². The van der Waals surface area contributed by atoms with Gasteiger partial charge in [-0.2, -0.15) is 5.26 Å². The second kappa shape index (κ2) is 3.77. The van der Waals surface area contributed by atoms with Crippen molar-refractivity contribution in [1.82, 2.24) is 4.98 Å². The van der Waals surface area contributed by atoms with Gasteiger partial charge in [0.15, 0.2) is 0 Å². The van der Waals surface area contributed by atoms with E-state index in [1.165, 1.54) is 11.3 Å². The molecule has 2 bridgehead atoms. The van der Waals surface area contributed by atoms with Gasteiger partial charge in [-0.3, -0.25) is 0 Å². The lowest BCUT2D eigenvalue weighted by Gasteiger charge is -2.31. The van der Waals surface area contributed by atoms with Crippen LogP contribution in [0.25, 0.3) is 0 Å². The first-order valence-corrected chi connectivity index (χ1v) is 6.70. The number of nitriles is 1. The maximum atomic E-state index is 10.5. The molecule has 2 aliphatic heterocycles. The highest BCUT2D eigenvalue weighted by atomic mass is 32.1. The molecule has 0 amide bonds. The second-order valence-electron chi connectivity index (χ2n) is 4.91. The van der Waals surface area contributed by atoms with Crippen LogP contribution in [-0.4, -0.2) is 22.3 Å². The molecule has 2 aliphatic rings. The van der Waals surface area contributed by atoms with Crippen LogP contribution < -0.4 is 0 Å². The molecule has 0 aromatic carbocycles. The van der Waals surface area contributed by atoms with E-state index in [1.807, 2.05) is 12.3 Å². The van der Waals surface area contributed by atoms with Crippen molar-refractivity contribution in [1.29, 1.82) is 5.26 Å². The number of aliphatic hydroxyl groups is 1. The van der Waals surface area contributed by atoms with Gasteiger partial charge in [-0.1, -0.05) is 0 Å². The minimum absolute atomic E-state index is 0.128. The molecule has 1 aromatic heterocycles. The van der Waals surface area contributed by atoms with Crippen molar-refractivity contribution in [3.05, 3.63) is 16.1 Å². The quantitative estimate of drug-likeness (QED) is 0.871. The molecule has 5 heteroatoms. The molecule has 1 aromatic rings. The minimum atomic E-state index is -0.818. The number of ether oxygens (including phenoxy) is 1. The third-order valence-electron chi connectivity index (χ3n) is 3.81. The summed E-state index contributed by atoms with van der Waals surface area (Å²) >= 11 is 1.42. The molecule has 0 radical (unpaired) electrons. The van der Waals surface area contributed by atoms with Crippen molar-refractivity contribution in [3.8, 4) is 6.07 Å². The molecule has 2 saturated heterocycles. The Morgan fingerprint density at radius 3 is 3.00 bits per heavy atom. The zero-order chi connectivity index (χ0) is 12.0. The molecular weight excluding hydrogens is 236 g/mol. The van der Waals surface area contributed by atoms with Gasteiger partial charge in [0.25, 0.3) is 0 Å². The molecule has 4 unspecified atom stereocenters. The number of nitrogens with zero attached hydrogens (tertiary/aromatic N) is 2. The highest BCUT2D eigenvalue weighted by Gasteiger charge is 2.58. The summed E-state index contributed by atoms with van der Waals surface area (Å²) in [5.41, 5.74) is 0.105. The Labute approximate surface area is 104 Å². The van der Waals surface area contributed by atoms with Crippen LogP contribution in [0, 0.1) is 23.7 Å². The van der Waals surface area contributed by atoms with E-state index in [1.54, 1.807) is 0 Å². The third-order valence-corrected chi connectivity index (χ3v) is 4.83. The summed E-state index contributed by atoms with van der Waals surface area (Å²) in [6.07, 6.45) is 1.72. The largest absolute Gasteiger partial charge is 0.384 e. The number of hydrogen-bond acceptors (Lipinski definition) is 5. The molecule has 0 spiro atoms. The predicted octanol–water partition coefficient (Wildman–Crippen LogP) is 1.95. The molecule has 4 nitrogen and oxygen atoms in total. The van der Waals surface area contributed by atoms with Gasteiger partial charge in [0, 0.05) is 11.1 Å². The fraction of sp³-hybridized carbons (Fsp3) is 0.667. The van der Waals surface area contributed by atoms with Crippen molar-refractivity contribution < 1.29 is 9.84 Å². The summed E-state index contributed by atoms with van der Waals surface area (Å²) in [5, 5.41) is 22.5. The lowest BCUT2D eigenvalue weighted by atomic mass is 9.71. The Hall–Kier alpha value is -0.960. The van der Waals surface area contributed by atoms with Crippen LogP contribution in [0.1, 0.15) is 36.1 Å². The predicted molar refractivity (Wildman–Crippen MR) is 62.4 cm³/mol. The average molecular weight is 250 g/mol. The summed E-state index contributed by atoms with van der Waals surface area (Å²) in [4.78, 5) is 4.29. The summed E-state index contributed by atoms with van der Waals surface area (Å²) < 4.78 is 5.72. The van der Waals surface area contributed by atoms with E-state index in [0.717, 1.165) is 18.5 Å².